The molecular weight excluding hydrogens is 232 g/mol. The van der Waals surface area contributed by atoms with E-state index in [1.54, 1.807) is 0 Å². The smallest absolute Gasteiger partial charge is 0.319 e. The van der Waals surface area contributed by atoms with Crippen LogP contribution >= 0.6 is 23.1 Å². The Morgan fingerprint density at radius 3 is 2.87 bits per heavy atom. The molecule has 0 N–H and O–H groups in total. The van der Waals surface area contributed by atoms with Gasteiger partial charge in [0.1, 0.15) is 10.3 Å². The van der Waals surface area contributed by atoms with Gasteiger partial charge in [-0.1, -0.05) is 30.0 Å². The predicted octanol–water partition coefficient (Wildman–Crippen LogP) is 2.28. The number of esters is 1. The van der Waals surface area contributed by atoms with E-state index >= 15 is 0 Å². The first-order chi connectivity index (χ1) is 7.13. The van der Waals surface area contributed by atoms with Crippen molar-refractivity contribution in [2.75, 3.05) is 6.61 Å². The summed E-state index contributed by atoms with van der Waals surface area (Å²) in [6, 6.07) is 0. The number of thioether (sulfide) groups is 1. The Balaban J connectivity index is 2.41. The first kappa shape index (κ1) is 12.4. The summed E-state index contributed by atoms with van der Waals surface area (Å²) < 4.78 is 5.84. The molecule has 0 fully saturated rings. The maximum atomic E-state index is 11.4. The van der Waals surface area contributed by atoms with Crippen LogP contribution in [-0.2, 0) is 9.53 Å². The molecule has 0 unspecified atom stereocenters. The van der Waals surface area contributed by atoms with E-state index < -0.39 is 0 Å². The molecule has 1 aromatic heterocycles. The second-order valence-corrected chi connectivity index (χ2v) is 5.78. The number of aromatic nitrogens is 2. The summed E-state index contributed by atoms with van der Waals surface area (Å²) in [5.41, 5.74) is 0. The third kappa shape index (κ3) is 4.17. The molecule has 6 heteroatoms. The Labute approximate surface area is 97.4 Å². The highest BCUT2D eigenvalue weighted by atomic mass is 32.2. The molecular formula is C9H14N2O2S2. The minimum atomic E-state index is -0.219. The zero-order chi connectivity index (χ0) is 11.3. The average molecular weight is 246 g/mol. The van der Waals surface area contributed by atoms with Crippen molar-refractivity contribution in [1.29, 1.82) is 0 Å². The Morgan fingerprint density at radius 2 is 2.33 bits per heavy atom. The average Bonchev–Trinajstić information content (AvgIpc) is 2.60. The molecule has 84 valence electrons. The second kappa shape index (κ2) is 6.07. The molecule has 0 aliphatic rings. The van der Waals surface area contributed by atoms with Gasteiger partial charge in [-0.05, 0) is 20.3 Å². The zero-order valence-corrected chi connectivity index (χ0v) is 10.7. The van der Waals surface area contributed by atoms with Gasteiger partial charge in [0.2, 0.25) is 0 Å². The van der Waals surface area contributed by atoms with Crippen LogP contribution < -0.4 is 0 Å². The van der Waals surface area contributed by atoms with Gasteiger partial charge in [-0.3, -0.25) is 4.79 Å². The molecule has 1 aromatic rings. The molecule has 0 aliphatic heterocycles. The lowest BCUT2D eigenvalue weighted by atomic mass is 10.5. The van der Waals surface area contributed by atoms with Crippen molar-refractivity contribution in [1.82, 2.24) is 10.2 Å². The summed E-state index contributed by atoms with van der Waals surface area (Å²) in [5.74, 6) is -0.185. The summed E-state index contributed by atoms with van der Waals surface area (Å²) in [6.07, 6.45) is 0.848. The first-order valence-electron chi connectivity index (χ1n) is 4.77. The first-order valence-corrected chi connectivity index (χ1v) is 6.46. The Morgan fingerprint density at radius 1 is 1.60 bits per heavy atom. The second-order valence-electron chi connectivity index (χ2n) is 3.01. The van der Waals surface area contributed by atoms with Crippen LogP contribution in [-0.4, -0.2) is 28.0 Å². The zero-order valence-electron chi connectivity index (χ0n) is 9.02. The Kier molecular flexibility index (Phi) is 5.04. The summed E-state index contributed by atoms with van der Waals surface area (Å²) in [6.45, 7) is 6.17. The van der Waals surface area contributed by atoms with Crippen molar-refractivity contribution in [2.45, 2.75) is 36.8 Å². The van der Waals surface area contributed by atoms with Crippen LogP contribution in [0.1, 0.15) is 25.3 Å². The molecule has 15 heavy (non-hydrogen) atoms. The molecule has 0 bridgehead atoms. The fraction of sp³-hybridized carbons (Fsp3) is 0.667. The molecule has 0 amide bonds. The molecule has 0 radical (unpaired) electrons. The quantitative estimate of drug-likeness (QED) is 0.589. The fourth-order valence-electron chi connectivity index (χ4n) is 0.845. The minimum Gasteiger partial charge on any atom is -0.465 e. The Bertz CT molecular complexity index is 328. The van der Waals surface area contributed by atoms with E-state index in [4.69, 9.17) is 4.74 Å². The molecule has 1 atom stereocenters. The third-order valence-electron chi connectivity index (χ3n) is 1.57. The number of carbonyl (C=O) groups excluding carboxylic acids is 1. The third-order valence-corrected chi connectivity index (χ3v) is 3.57. The molecule has 0 saturated heterocycles. The van der Waals surface area contributed by atoms with Gasteiger partial charge < -0.3 is 4.74 Å². The van der Waals surface area contributed by atoms with Gasteiger partial charge in [0.25, 0.3) is 0 Å². The van der Waals surface area contributed by atoms with E-state index in [1.165, 1.54) is 23.1 Å². The number of aryl methyl sites for hydroxylation is 1. The van der Waals surface area contributed by atoms with Crippen LogP contribution in [0.5, 0.6) is 0 Å². The predicted molar refractivity (Wildman–Crippen MR) is 61.2 cm³/mol. The van der Waals surface area contributed by atoms with E-state index in [1.807, 2.05) is 20.8 Å². The SMILES string of the molecule is CCCOC(=O)[C@@H](C)Sc1nnc(C)s1. The normalized spacial score (nSPS) is 12.5. The fourth-order valence-corrected chi connectivity index (χ4v) is 2.80. The Hall–Kier alpha value is -0.620. The van der Waals surface area contributed by atoms with Gasteiger partial charge in [-0.15, -0.1) is 10.2 Å². The highest BCUT2D eigenvalue weighted by Gasteiger charge is 2.17. The standard InChI is InChI=1S/C9H14N2O2S2/c1-4-5-13-8(12)6(2)14-9-11-10-7(3)15-9/h6H,4-5H2,1-3H3/t6-/m1/s1. The van der Waals surface area contributed by atoms with Gasteiger partial charge >= 0.3 is 5.97 Å². The largest absolute Gasteiger partial charge is 0.465 e. The van der Waals surface area contributed by atoms with Crippen molar-refractivity contribution < 1.29 is 9.53 Å². The van der Waals surface area contributed by atoms with Crippen LogP contribution in [0.3, 0.4) is 0 Å². The maximum absolute atomic E-state index is 11.4. The molecule has 0 saturated carbocycles. The van der Waals surface area contributed by atoms with Crippen LogP contribution in [0.4, 0.5) is 0 Å². The molecule has 1 rings (SSSR count). The van der Waals surface area contributed by atoms with Crippen molar-refractivity contribution in [3.05, 3.63) is 5.01 Å². The van der Waals surface area contributed by atoms with Gasteiger partial charge in [0, 0.05) is 0 Å². The van der Waals surface area contributed by atoms with Crippen LogP contribution in [0.15, 0.2) is 4.34 Å². The van der Waals surface area contributed by atoms with E-state index in [9.17, 15) is 4.79 Å². The molecule has 1 heterocycles. The minimum absolute atomic E-state index is 0.185. The molecule has 4 nitrogen and oxygen atoms in total. The summed E-state index contributed by atoms with van der Waals surface area (Å²) >= 11 is 2.88. The van der Waals surface area contributed by atoms with Gasteiger partial charge in [-0.2, -0.15) is 0 Å². The summed E-state index contributed by atoms with van der Waals surface area (Å²) in [7, 11) is 0. The summed E-state index contributed by atoms with van der Waals surface area (Å²) in [5, 5.41) is 8.52. The summed E-state index contributed by atoms with van der Waals surface area (Å²) in [4.78, 5) is 11.4. The molecule has 0 aliphatic carbocycles. The lowest BCUT2D eigenvalue weighted by molar-refractivity contribution is -0.142. The monoisotopic (exact) mass is 246 g/mol. The number of carbonyl (C=O) groups is 1. The van der Waals surface area contributed by atoms with Gasteiger partial charge in [0.15, 0.2) is 4.34 Å². The van der Waals surface area contributed by atoms with E-state index in [0.29, 0.717) is 6.61 Å². The lowest BCUT2D eigenvalue weighted by Gasteiger charge is -2.07. The van der Waals surface area contributed by atoms with Gasteiger partial charge in [-0.25, -0.2) is 0 Å². The lowest BCUT2D eigenvalue weighted by Crippen LogP contribution is -2.17. The van der Waals surface area contributed by atoms with E-state index in [2.05, 4.69) is 10.2 Å². The van der Waals surface area contributed by atoms with Crippen LogP contribution in [0.2, 0.25) is 0 Å². The highest BCUT2D eigenvalue weighted by Crippen LogP contribution is 2.26. The highest BCUT2D eigenvalue weighted by molar-refractivity contribution is 8.02. The van der Waals surface area contributed by atoms with Crippen molar-refractivity contribution in [2.24, 2.45) is 0 Å². The van der Waals surface area contributed by atoms with Crippen LogP contribution in [0.25, 0.3) is 0 Å². The van der Waals surface area contributed by atoms with E-state index in [0.717, 1.165) is 15.8 Å². The maximum Gasteiger partial charge on any atom is 0.319 e. The molecule has 0 spiro atoms. The van der Waals surface area contributed by atoms with E-state index in [-0.39, 0.29) is 11.2 Å². The number of ether oxygens (including phenoxy) is 1. The number of nitrogens with zero attached hydrogens (tertiary/aromatic N) is 2. The van der Waals surface area contributed by atoms with Crippen LogP contribution in [0, 0.1) is 6.92 Å². The molecule has 0 aromatic carbocycles. The van der Waals surface area contributed by atoms with Crippen molar-refractivity contribution >= 4 is 29.1 Å². The van der Waals surface area contributed by atoms with Crippen molar-refractivity contribution in [3.8, 4) is 0 Å². The van der Waals surface area contributed by atoms with Crippen molar-refractivity contribution in [3.63, 3.8) is 0 Å². The van der Waals surface area contributed by atoms with Gasteiger partial charge in [0.05, 0.1) is 6.61 Å². The topological polar surface area (TPSA) is 52.1 Å². The number of hydrogen-bond donors (Lipinski definition) is 0. The number of hydrogen-bond acceptors (Lipinski definition) is 6. The number of rotatable bonds is 5.